The van der Waals surface area contributed by atoms with E-state index in [1.54, 1.807) is 26.4 Å². The monoisotopic (exact) mass is 397 g/mol. The second-order valence-electron chi connectivity index (χ2n) is 4.48. The van der Waals surface area contributed by atoms with Crippen molar-refractivity contribution >= 4 is 34.2 Å². The van der Waals surface area contributed by atoms with Gasteiger partial charge in [-0.25, -0.2) is 0 Å². The van der Waals surface area contributed by atoms with Gasteiger partial charge in [-0.2, -0.15) is 0 Å². The number of methoxy groups -OCH3 is 2. The molecule has 0 unspecified atom stereocenters. The summed E-state index contributed by atoms with van der Waals surface area (Å²) in [5, 5.41) is 2.88. The maximum absolute atomic E-state index is 12.4. The molecule has 0 saturated heterocycles. The molecule has 0 saturated carbocycles. The van der Waals surface area contributed by atoms with Gasteiger partial charge in [0.25, 0.3) is 5.91 Å². The van der Waals surface area contributed by atoms with Gasteiger partial charge in [0.05, 0.1) is 14.2 Å². The van der Waals surface area contributed by atoms with E-state index in [9.17, 15) is 4.79 Å². The van der Waals surface area contributed by atoms with Crippen LogP contribution < -0.4 is 14.8 Å². The lowest BCUT2D eigenvalue weighted by molar-refractivity contribution is 0.102. The highest BCUT2D eigenvalue weighted by Gasteiger charge is 2.14. The molecule has 0 fully saturated rings. The summed E-state index contributed by atoms with van der Waals surface area (Å²) in [6.07, 6.45) is 0. The van der Waals surface area contributed by atoms with Crippen LogP contribution in [0.5, 0.6) is 11.5 Å². The Bertz CT molecular complexity index is 653. The van der Waals surface area contributed by atoms with Gasteiger partial charge in [0.2, 0.25) is 0 Å². The molecule has 21 heavy (non-hydrogen) atoms. The molecule has 0 radical (unpaired) electrons. The van der Waals surface area contributed by atoms with Gasteiger partial charge in [0.1, 0.15) is 0 Å². The zero-order chi connectivity index (χ0) is 15.4. The molecule has 2 aromatic carbocycles. The number of amides is 1. The van der Waals surface area contributed by atoms with E-state index >= 15 is 0 Å². The smallest absolute Gasteiger partial charge is 0.256 e. The summed E-state index contributed by atoms with van der Waals surface area (Å²) in [4.78, 5) is 12.4. The third-order valence-corrected chi connectivity index (χ3v) is 3.80. The molecule has 1 N–H and O–H groups in total. The Morgan fingerprint density at radius 2 is 1.62 bits per heavy atom. The molecular formula is C16H16INO3. The highest BCUT2D eigenvalue weighted by molar-refractivity contribution is 14.1. The van der Waals surface area contributed by atoms with E-state index in [0.717, 1.165) is 14.8 Å². The number of benzene rings is 2. The Labute approximate surface area is 137 Å². The lowest BCUT2D eigenvalue weighted by atomic mass is 10.1. The third kappa shape index (κ3) is 3.66. The summed E-state index contributed by atoms with van der Waals surface area (Å²) < 4.78 is 11.6. The molecule has 0 spiro atoms. The first-order valence-electron chi connectivity index (χ1n) is 6.34. The zero-order valence-corrected chi connectivity index (χ0v) is 14.2. The van der Waals surface area contributed by atoms with Crippen LogP contribution >= 0.6 is 22.6 Å². The summed E-state index contributed by atoms with van der Waals surface area (Å²) in [5.74, 6) is 0.978. The first kappa shape index (κ1) is 15.6. The van der Waals surface area contributed by atoms with Crippen molar-refractivity contribution in [2.45, 2.75) is 6.92 Å². The molecule has 2 rings (SSSR count). The van der Waals surface area contributed by atoms with Crippen molar-refractivity contribution in [3.63, 3.8) is 0 Å². The van der Waals surface area contributed by atoms with Gasteiger partial charge in [-0.05, 0) is 71.5 Å². The first-order valence-corrected chi connectivity index (χ1v) is 7.42. The molecule has 0 heterocycles. The average molecular weight is 397 g/mol. The highest BCUT2D eigenvalue weighted by Crippen LogP contribution is 2.30. The van der Waals surface area contributed by atoms with Crippen LogP contribution in [0.4, 0.5) is 5.69 Å². The molecular weight excluding hydrogens is 381 g/mol. The Balaban J connectivity index is 2.28. The van der Waals surface area contributed by atoms with Crippen molar-refractivity contribution in [2.24, 2.45) is 0 Å². The van der Waals surface area contributed by atoms with Crippen molar-refractivity contribution in [3.8, 4) is 11.5 Å². The fourth-order valence-electron chi connectivity index (χ4n) is 1.96. The summed E-state index contributed by atoms with van der Waals surface area (Å²) >= 11 is 2.22. The topological polar surface area (TPSA) is 47.6 Å². The van der Waals surface area contributed by atoms with E-state index in [0.29, 0.717) is 17.1 Å². The lowest BCUT2D eigenvalue weighted by Gasteiger charge is -2.13. The van der Waals surface area contributed by atoms with Gasteiger partial charge in [-0.3, -0.25) is 4.79 Å². The van der Waals surface area contributed by atoms with E-state index in [-0.39, 0.29) is 5.91 Å². The number of rotatable bonds is 4. The van der Waals surface area contributed by atoms with Gasteiger partial charge in [-0.15, -0.1) is 0 Å². The number of nitrogens with one attached hydrogen (secondary N) is 1. The molecule has 0 aliphatic rings. The van der Waals surface area contributed by atoms with Gasteiger partial charge < -0.3 is 14.8 Å². The number of carbonyl (C=O) groups is 1. The number of ether oxygens (including phenoxy) is 2. The molecule has 2 aromatic rings. The van der Waals surface area contributed by atoms with E-state index < -0.39 is 0 Å². The fraction of sp³-hybridized carbons (Fsp3) is 0.188. The standard InChI is InChI=1S/C16H16INO3/c1-10-8-14(20-2)15(21-3)9-13(10)16(19)18-12-6-4-11(17)5-7-12/h4-9H,1-3H3,(H,18,19). The van der Waals surface area contributed by atoms with Crippen LogP contribution in [-0.2, 0) is 0 Å². The second-order valence-corrected chi connectivity index (χ2v) is 5.73. The van der Waals surface area contributed by atoms with Crippen LogP contribution in [0.25, 0.3) is 0 Å². The fourth-order valence-corrected chi connectivity index (χ4v) is 2.32. The molecule has 5 heteroatoms. The minimum Gasteiger partial charge on any atom is -0.493 e. The van der Waals surface area contributed by atoms with E-state index in [2.05, 4.69) is 27.9 Å². The Morgan fingerprint density at radius 1 is 1.05 bits per heavy atom. The van der Waals surface area contributed by atoms with Crippen LogP contribution in [0, 0.1) is 10.5 Å². The number of aryl methyl sites for hydroxylation is 1. The normalized spacial score (nSPS) is 10.1. The summed E-state index contributed by atoms with van der Waals surface area (Å²) in [6.45, 7) is 1.87. The van der Waals surface area contributed by atoms with Crippen molar-refractivity contribution in [1.29, 1.82) is 0 Å². The second kappa shape index (κ2) is 6.80. The Kier molecular flexibility index (Phi) is 5.06. The first-order chi connectivity index (χ1) is 10.0. The maximum Gasteiger partial charge on any atom is 0.256 e. The van der Waals surface area contributed by atoms with Crippen LogP contribution in [0.2, 0.25) is 0 Å². The molecule has 0 atom stereocenters. The molecule has 0 aliphatic carbocycles. The summed E-state index contributed by atoms with van der Waals surface area (Å²) in [7, 11) is 3.12. The van der Waals surface area contributed by atoms with Gasteiger partial charge in [-0.1, -0.05) is 0 Å². The molecule has 4 nitrogen and oxygen atoms in total. The Morgan fingerprint density at radius 3 is 2.19 bits per heavy atom. The quantitative estimate of drug-likeness (QED) is 0.797. The van der Waals surface area contributed by atoms with Crippen molar-refractivity contribution in [2.75, 3.05) is 19.5 Å². The number of halogens is 1. The van der Waals surface area contributed by atoms with Crippen LogP contribution in [0.15, 0.2) is 36.4 Å². The maximum atomic E-state index is 12.4. The molecule has 0 bridgehead atoms. The van der Waals surface area contributed by atoms with Crippen molar-refractivity contribution in [3.05, 3.63) is 51.1 Å². The summed E-state index contributed by atoms with van der Waals surface area (Å²) in [5.41, 5.74) is 2.15. The minimum absolute atomic E-state index is 0.172. The number of carbonyl (C=O) groups excluding carboxylic acids is 1. The predicted octanol–water partition coefficient (Wildman–Crippen LogP) is 3.87. The molecule has 0 aromatic heterocycles. The summed E-state index contributed by atoms with van der Waals surface area (Å²) in [6, 6.07) is 11.1. The SMILES string of the molecule is COc1cc(C)c(C(=O)Nc2ccc(I)cc2)cc1OC. The minimum atomic E-state index is -0.172. The van der Waals surface area contributed by atoms with Gasteiger partial charge >= 0.3 is 0 Å². The zero-order valence-electron chi connectivity index (χ0n) is 12.1. The van der Waals surface area contributed by atoms with Gasteiger partial charge in [0.15, 0.2) is 11.5 Å². The van der Waals surface area contributed by atoms with Crippen molar-refractivity contribution in [1.82, 2.24) is 0 Å². The third-order valence-electron chi connectivity index (χ3n) is 3.08. The van der Waals surface area contributed by atoms with Crippen LogP contribution in [0.1, 0.15) is 15.9 Å². The van der Waals surface area contributed by atoms with E-state index in [4.69, 9.17) is 9.47 Å². The number of hydrogen-bond donors (Lipinski definition) is 1. The molecule has 110 valence electrons. The number of anilines is 1. The van der Waals surface area contributed by atoms with Gasteiger partial charge in [0, 0.05) is 14.8 Å². The van der Waals surface area contributed by atoms with Crippen LogP contribution in [0.3, 0.4) is 0 Å². The predicted molar refractivity (Wildman–Crippen MR) is 91.4 cm³/mol. The lowest BCUT2D eigenvalue weighted by Crippen LogP contribution is -2.13. The van der Waals surface area contributed by atoms with Crippen molar-refractivity contribution < 1.29 is 14.3 Å². The largest absolute Gasteiger partial charge is 0.493 e. The number of hydrogen-bond acceptors (Lipinski definition) is 3. The Hall–Kier alpha value is -1.76. The van der Waals surface area contributed by atoms with Crippen LogP contribution in [-0.4, -0.2) is 20.1 Å². The van der Waals surface area contributed by atoms with E-state index in [1.807, 2.05) is 31.2 Å². The van der Waals surface area contributed by atoms with E-state index in [1.165, 1.54) is 0 Å². The highest BCUT2D eigenvalue weighted by atomic mass is 127. The molecule has 0 aliphatic heterocycles. The average Bonchev–Trinajstić information content (AvgIpc) is 2.49. The molecule has 1 amide bonds.